The highest BCUT2D eigenvalue weighted by Crippen LogP contribution is 2.39. The molecule has 166 valence electrons. The second-order valence-corrected chi connectivity index (χ2v) is 9.15. The largest absolute Gasteiger partial charge is 0.473 e. The highest BCUT2D eigenvalue weighted by atomic mass is 19.1. The Morgan fingerprint density at radius 3 is 2.78 bits per heavy atom. The molecule has 4 rings (SSSR count). The molecule has 0 radical (unpaired) electrons. The van der Waals surface area contributed by atoms with Crippen LogP contribution >= 0.6 is 0 Å². The van der Waals surface area contributed by atoms with E-state index in [0.29, 0.717) is 17.9 Å². The first-order valence-corrected chi connectivity index (χ1v) is 10.7. The molecule has 2 aromatic rings. The minimum absolute atomic E-state index is 0.00211. The molecule has 32 heavy (non-hydrogen) atoms. The van der Waals surface area contributed by atoms with Gasteiger partial charge in [-0.25, -0.2) is 14.2 Å². The van der Waals surface area contributed by atoms with E-state index in [4.69, 9.17) is 14.7 Å². The fraction of sp³-hybridized carbons (Fsp3) is 0.400. The fourth-order valence-electron chi connectivity index (χ4n) is 4.18. The number of benzene rings is 1. The lowest BCUT2D eigenvalue weighted by atomic mass is 9.98. The van der Waals surface area contributed by atoms with Crippen LogP contribution in [0.25, 0.3) is 5.57 Å². The Hall–Kier alpha value is -3.40. The summed E-state index contributed by atoms with van der Waals surface area (Å²) in [5.41, 5.74) is 1.97. The van der Waals surface area contributed by atoms with Crippen molar-refractivity contribution < 1.29 is 18.7 Å². The molecule has 3 heterocycles. The van der Waals surface area contributed by atoms with E-state index in [9.17, 15) is 9.18 Å². The Morgan fingerprint density at radius 2 is 2.09 bits per heavy atom. The first-order chi connectivity index (χ1) is 15.2. The molecule has 2 unspecified atom stereocenters. The monoisotopic (exact) mass is 435 g/mol. The molecule has 0 aliphatic carbocycles. The molecule has 0 N–H and O–H groups in total. The number of fused-ring (bicyclic) bond motifs is 2. The molecular formula is C25H26FN3O3. The van der Waals surface area contributed by atoms with E-state index in [2.05, 4.69) is 11.1 Å². The van der Waals surface area contributed by atoms with E-state index in [1.807, 2.05) is 43.9 Å². The zero-order chi connectivity index (χ0) is 22.9. The minimum Gasteiger partial charge on any atom is -0.473 e. The zero-order valence-electron chi connectivity index (χ0n) is 18.5. The van der Waals surface area contributed by atoms with Gasteiger partial charge in [-0.15, -0.1) is 0 Å². The van der Waals surface area contributed by atoms with E-state index in [1.54, 1.807) is 18.2 Å². The van der Waals surface area contributed by atoms with Gasteiger partial charge in [-0.1, -0.05) is 18.2 Å². The summed E-state index contributed by atoms with van der Waals surface area (Å²) in [4.78, 5) is 19.1. The van der Waals surface area contributed by atoms with Crippen LogP contribution in [-0.2, 0) is 11.3 Å². The van der Waals surface area contributed by atoms with Gasteiger partial charge in [0.1, 0.15) is 18.0 Å². The summed E-state index contributed by atoms with van der Waals surface area (Å²) in [5, 5.41) is 8.86. The molecule has 7 heteroatoms. The molecule has 2 bridgehead atoms. The summed E-state index contributed by atoms with van der Waals surface area (Å²) in [5.74, 6) is -0.0805. The van der Waals surface area contributed by atoms with Crippen molar-refractivity contribution in [1.29, 1.82) is 5.26 Å². The summed E-state index contributed by atoms with van der Waals surface area (Å²) in [7, 11) is 0. The van der Waals surface area contributed by atoms with Crippen LogP contribution < -0.4 is 4.74 Å². The van der Waals surface area contributed by atoms with Crippen LogP contribution in [0.15, 0.2) is 42.5 Å². The molecule has 1 fully saturated rings. The van der Waals surface area contributed by atoms with Crippen molar-refractivity contribution in [3.63, 3.8) is 0 Å². The molecule has 2 aliphatic rings. The van der Waals surface area contributed by atoms with Gasteiger partial charge in [0.2, 0.25) is 5.88 Å². The van der Waals surface area contributed by atoms with Crippen LogP contribution in [0.5, 0.6) is 5.88 Å². The number of nitrogens with zero attached hydrogens (tertiary/aromatic N) is 3. The zero-order valence-corrected chi connectivity index (χ0v) is 18.5. The first kappa shape index (κ1) is 21.8. The third-order valence-corrected chi connectivity index (χ3v) is 5.61. The second-order valence-electron chi connectivity index (χ2n) is 9.15. The topological polar surface area (TPSA) is 75.4 Å². The van der Waals surface area contributed by atoms with E-state index in [0.717, 1.165) is 24.1 Å². The van der Waals surface area contributed by atoms with Gasteiger partial charge in [0.25, 0.3) is 0 Å². The summed E-state index contributed by atoms with van der Waals surface area (Å²) in [6.45, 7) is 5.64. The Labute approximate surface area is 187 Å². The van der Waals surface area contributed by atoms with Gasteiger partial charge < -0.3 is 9.47 Å². The number of carbonyl (C=O) groups is 1. The molecule has 2 aliphatic heterocycles. The maximum absolute atomic E-state index is 14.1. The van der Waals surface area contributed by atoms with E-state index in [-0.39, 0.29) is 30.3 Å². The summed E-state index contributed by atoms with van der Waals surface area (Å²) >= 11 is 0. The minimum atomic E-state index is -0.526. The van der Waals surface area contributed by atoms with Crippen LogP contribution in [0.3, 0.4) is 0 Å². The van der Waals surface area contributed by atoms with Gasteiger partial charge in [0.15, 0.2) is 0 Å². The average molecular weight is 435 g/mol. The van der Waals surface area contributed by atoms with E-state index in [1.165, 1.54) is 6.07 Å². The van der Waals surface area contributed by atoms with Crippen molar-refractivity contribution in [3.05, 3.63) is 65.1 Å². The molecule has 1 aromatic carbocycles. The SMILES string of the molecule is CC(C)(C)OC(=O)N1C2C=C(c3cccc(OCc4ccc(C#N)cc4F)n3)CC1CC2. The smallest absolute Gasteiger partial charge is 0.411 e. The van der Waals surface area contributed by atoms with Crippen molar-refractivity contribution >= 4 is 11.7 Å². The number of hydrogen-bond acceptors (Lipinski definition) is 5. The number of hydrogen-bond donors (Lipinski definition) is 0. The Balaban J connectivity index is 1.47. The lowest BCUT2D eigenvalue weighted by Gasteiger charge is -2.35. The molecule has 0 saturated carbocycles. The molecule has 1 aromatic heterocycles. The van der Waals surface area contributed by atoms with Gasteiger partial charge in [0, 0.05) is 17.7 Å². The summed E-state index contributed by atoms with van der Waals surface area (Å²) in [6, 6.07) is 11.8. The van der Waals surface area contributed by atoms with Crippen molar-refractivity contribution in [3.8, 4) is 11.9 Å². The number of carbonyl (C=O) groups excluding carboxylic acids is 1. The predicted molar refractivity (Wildman–Crippen MR) is 117 cm³/mol. The highest BCUT2D eigenvalue weighted by molar-refractivity contribution is 5.74. The van der Waals surface area contributed by atoms with E-state index < -0.39 is 11.4 Å². The third-order valence-electron chi connectivity index (χ3n) is 5.61. The van der Waals surface area contributed by atoms with Gasteiger partial charge >= 0.3 is 6.09 Å². The Kier molecular flexibility index (Phi) is 5.88. The van der Waals surface area contributed by atoms with Crippen LogP contribution in [-0.4, -0.2) is 33.7 Å². The van der Waals surface area contributed by atoms with Gasteiger partial charge in [-0.05, 0) is 63.8 Å². The number of aromatic nitrogens is 1. The molecule has 0 spiro atoms. The van der Waals surface area contributed by atoms with Gasteiger partial charge in [0.05, 0.1) is 23.4 Å². The summed E-state index contributed by atoms with van der Waals surface area (Å²) in [6.07, 6.45) is 4.37. The molecule has 1 amide bonds. The molecule has 6 nitrogen and oxygen atoms in total. The maximum atomic E-state index is 14.1. The number of pyridine rings is 1. The van der Waals surface area contributed by atoms with Crippen LogP contribution in [0.4, 0.5) is 9.18 Å². The number of amides is 1. The normalized spacial score (nSPS) is 19.8. The van der Waals surface area contributed by atoms with Crippen LogP contribution in [0.2, 0.25) is 0 Å². The maximum Gasteiger partial charge on any atom is 0.411 e. The van der Waals surface area contributed by atoms with Gasteiger partial charge in [-0.2, -0.15) is 5.26 Å². The first-order valence-electron chi connectivity index (χ1n) is 10.7. The van der Waals surface area contributed by atoms with Crippen molar-refractivity contribution in [2.75, 3.05) is 0 Å². The van der Waals surface area contributed by atoms with Crippen molar-refractivity contribution in [2.45, 2.75) is 64.3 Å². The number of halogens is 1. The molecular weight excluding hydrogens is 409 g/mol. The average Bonchev–Trinajstić information content (AvgIpc) is 3.01. The third kappa shape index (κ3) is 4.75. The quantitative estimate of drug-likeness (QED) is 0.658. The number of ether oxygens (including phenoxy) is 2. The van der Waals surface area contributed by atoms with E-state index >= 15 is 0 Å². The van der Waals surface area contributed by atoms with Crippen LogP contribution in [0.1, 0.15) is 56.9 Å². The molecule has 2 atom stereocenters. The fourth-order valence-corrected chi connectivity index (χ4v) is 4.18. The number of rotatable bonds is 4. The summed E-state index contributed by atoms with van der Waals surface area (Å²) < 4.78 is 25.4. The Bertz CT molecular complexity index is 1100. The van der Waals surface area contributed by atoms with Gasteiger partial charge in [-0.3, -0.25) is 4.90 Å². The standard InChI is InChI=1S/C25H26FN3O3/c1-25(2,3)32-24(30)29-19-9-10-20(29)13-18(12-19)22-5-4-6-23(28-22)31-15-17-8-7-16(14-27)11-21(17)26/h4-8,11-12,19-20H,9-10,13,15H2,1-3H3. The molecule has 1 saturated heterocycles. The number of nitriles is 1. The highest BCUT2D eigenvalue weighted by Gasteiger charge is 2.41. The lowest BCUT2D eigenvalue weighted by molar-refractivity contribution is 0.0175. The van der Waals surface area contributed by atoms with Crippen LogP contribution in [0, 0.1) is 17.1 Å². The lowest BCUT2D eigenvalue weighted by Crippen LogP contribution is -2.45. The van der Waals surface area contributed by atoms with Crippen molar-refractivity contribution in [2.24, 2.45) is 0 Å². The second kappa shape index (κ2) is 8.62. The predicted octanol–water partition coefficient (Wildman–Crippen LogP) is 5.23. The van der Waals surface area contributed by atoms with Crippen molar-refractivity contribution in [1.82, 2.24) is 9.88 Å². The Morgan fingerprint density at radius 1 is 1.28 bits per heavy atom.